The average Bonchev–Trinajstić information content (AvgIpc) is 2.44. The van der Waals surface area contributed by atoms with Gasteiger partial charge in [0.1, 0.15) is 6.61 Å². The molecule has 0 amide bonds. The average molecular weight is 289 g/mol. The standard InChI is InChI=1S/C16H20FN3O/c1-16(2,3)20-10-12-5-6-14(13(17)9-12)21-11-15-18-7-4-8-19-15/h4-9,20H,10-11H2,1-3H3. The first-order chi connectivity index (χ1) is 9.94. The van der Waals surface area contributed by atoms with Crippen LogP contribution in [0.1, 0.15) is 32.2 Å². The first-order valence-electron chi connectivity index (χ1n) is 6.86. The minimum Gasteiger partial charge on any atom is -0.483 e. The molecule has 2 rings (SSSR count). The molecule has 2 aromatic rings. The van der Waals surface area contributed by atoms with Crippen molar-refractivity contribution < 1.29 is 9.13 Å². The number of aromatic nitrogens is 2. The number of hydrogen-bond donors (Lipinski definition) is 1. The smallest absolute Gasteiger partial charge is 0.166 e. The highest BCUT2D eigenvalue weighted by atomic mass is 19.1. The summed E-state index contributed by atoms with van der Waals surface area (Å²) in [6, 6.07) is 6.70. The van der Waals surface area contributed by atoms with Gasteiger partial charge in [0.05, 0.1) is 0 Å². The second kappa shape index (κ2) is 6.63. The highest BCUT2D eigenvalue weighted by Gasteiger charge is 2.10. The largest absolute Gasteiger partial charge is 0.483 e. The molecule has 5 heteroatoms. The van der Waals surface area contributed by atoms with Crippen LogP contribution in [-0.2, 0) is 13.2 Å². The third kappa shape index (κ3) is 5.11. The highest BCUT2D eigenvalue weighted by molar-refractivity contribution is 5.29. The quantitative estimate of drug-likeness (QED) is 0.919. The fourth-order valence-electron chi connectivity index (χ4n) is 1.69. The number of ether oxygens (including phenoxy) is 1. The summed E-state index contributed by atoms with van der Waals surface area (Å²) in [7, 11) is 0. The molecule has 21 heavy (non-hydrogen) atoms. The Hall–Kier alpha value is -2.01. The van der Waals surface area contributed by atoms with Crippen molar-refractivity contribution in [2.24, 2.45) is 0 Å². The summed E-state index contributed by atoms with van der Waals surface area (Å²) in [5.74, 6) is 0.358. The topological polar surface area (TPSA) is 47.0 Å². The van der Waals surface area contributed by atoms with Gasteiger partial charge in [-0.3, -0.25) is 0 Å². The maximum absolute atomic E-state index is 14.0. The van der Waals surface area contributed by atoms with Gasteiger partial charge in [-0.2, -0.15) is 0 Å². The lowest BCUT2D eigenvalue weighted by Gasteiger charge is -2.20. The second-order valence-corrected chi connectivity index (χ2v) is 5.82. The Balaban J connectivity index is 1.96. The summed E-state index contributed by atoms with van der Waals surface area (Å²) in [5, 5.41) is 3.32. The molecule has 112 valence electrons. The van der Waals surface area contributed by atoms with E-state index in [4.69, 9.17) is 4.74 Å². The lowest BCUT2D eigenvalue weighted by atomic mass is 10.1. The summed E-state index contributed by atoms with van der Waals surface area (Å²) >= 11 is 0. The van der Waals surface area contributed by atoms with Gasteiger partial charge in [-0.15, -0.1) is 0 Å². The van der Waals surface area contributed by atoms with Crippen LogP contribution < -0.4 is 10.1 Å². The molecule has 1 aromatic heterocycles. The molecule has 1 aromatic carbocycles. The predicted octanol–water partition coefficient (Wildman–Crippen LogP) is 3.08. The summed E-state index contributed by atoms with van der Waals surface area (Å²) in [6.07, 6.45) is 3.26. The Morgan fingerprint density at radius 2 is 1.90 bits per heavy atom. The highest BCUT2D eigenvalue weighted by Crippen LogP contribution is 2.19. The maximum atomic E-state index is 14.0. The summed E-state index contributed by atoms with van der Waals surface area (Å²) < 4.78 is 19.4. The maximum Gasteiger partial charge on any atom is 0.166 e. The summed E-state index contributed by atoms with van der Waals surface area (Å²) in [6.45, 7) is 6.97. The van der Waals surface area contributed by atoms with Gasteiger partial charge >= 0.3 is 0 Å². The van der Waals surface area contributed by atoms with Gasteiger partial charge in [0.15, 0.2) is 17.4 Å². The van der Waals surface area contributed by atoms with E-state index in [9.17, 15) is 4.39 Å². The minimum atomic E-state index is -0.376. The van der Waals surface area contributed by atoms with E-state index in [0.29, 0.717) is 12.4 Å². The first kappa shape index (κ1) is 15.4. The van der Waals surface area contributed by atoms with Gasteiger partial charge < -0.3 is 10.1 Å². The number of nitrogens with one attached hydrogen (secondary N) is 1. The fourth-order valence-corrected chi connectivity index (χ4v) is 1.69. The zero-order valence-corrected chi connectivity index (χ0v) is 12.6. The summed E-state index contributed by atoms with van der Waals surface area (Å²) in [4.78, 5) is 8.06. The van der Waals surface area contributed by atoms with Crippen LogP contribution in [0.2, 0.25) is 0 Å². The number of hydrogen-bond acceptors (Lipinski definition) is 4. The molecule has 1 heterocycles. The van der Waals surface area contributed by atoms with Gasteiger partial charge in [-0.05, 0) is 44.5 Å². The van der Waals surface area contributed by atoms with Crippen LogP contribution in [0, 0.1) is 5.82 Å². The lowest BCUT2D eigenvalue weighted by Crippen LogP contribution is -2.35. The molecule has 0 atom stereocenters. The summed E-state index contributed by atoms with van der Waals surface area (Å²) in [5.41, 5.74) is 0.877. The van der Waals surface area contributed by atoms with Gasteiger partial charge in [0.25, 0.3) is 0 Å². The molecule has 0 radical (unpaired) electrons. The number of rotatable bonds is 5. The van der Waals surface area contributed by atoms with Crippen LogP contribution in [0.15, 0.2) is 36.7 Å². The van der Waals surface area contributed by atoms with Crippen LogP contribution in [0.4, 0.5) is 4.39 Å². The molecule has 0 saturated carbocycles. The lowest BCUT2D eigenvalue weighted by molar-refractivity contribution is 0.280. The van der Waals surface area contributed by atoms with Crippen molar-refractivity contribution in [1.82, 2.24) is 15.3 Å². The Kier molecular flexibility index (Phi) is 4.85. The van der Waals surface area contributed by atoms with Crippen LogP contribution >= 0.6 is 0 Å². The van der Waals surface area contributed by atoms with Crippen molar-refractivity contribution in [1.29, 1.82) is 0 Å². The van der Waals surface area contributed by atoms with E-state index in [1.807, 2.05) is 6.07 Å². The van der Waals surface area contributed by atoms with Gasteiger partial charge in [0, 0.05) is 24.5 Å². The SMILES string of the molecule is CC(C)(C)NCc1ccc(OCc2ncccn2)c(F)c1. The van der Waals surface area contributed by atoms with E-state index in [1.165, 1.54) is 6.07 Å². The molecule has 0 spiro atoms. The van der Waals surface area contributed by atoms with Crippen molar-refractivity contribution >= 4 is 0 Å². The number of halogens is 1. The van der Waals surface area contributed by atoms with Crippen molar-refractivity contribution in [3.8, 4) is 5.75 Å². The van der Waals surface area contributed by atoms with E-state index in [-0.39, 0.29) is 23.7 Å². The van der Waals surface area contributed by atoms with Crippen LogP contribution in [-0.4, -0.2) is 15.5 Å². The van der Waals surface area contributed by atoms with E-state index in [0.717, 1.165) is 5.56 Å². The molecule has 0 aliphatic heterocycles. The van der Waals surface area contributed by atoms with Crippen LogP contribution in [0.25, 0.3) is 0 Å². The predicted molar refractivity (Wildman–Crippen MR) is 79.4 cm³/mol. The van der Waals surface area contributed by atoms with E-state index in [1.54, 1.807) is 24.5 Å². The molecule has 0 fully saturated rings. The molecule has 1 N–H and O–H groups in total. The second-order valence-electron chi connectivity index (χ2n) is 5.82. The number of nitrogens with zero attached hydrogens (tertiary/aromatic N) is 2. The zero-order chi connectivity index (χ0) is 15.3. The van der Waals surface area contributed by atoms with Crippen LogP contribution in [0.5, 0.6) is 5.75 Å². The Morgan fingerprint density at radius 1 is 1.19 bits per heavy atom. The monoisotopic (exact) mass is 289 g/mol. The molecule has 0 aliphatic carbocycles. The van der Waals surface area contributed by atoms with Crippen molar-refractivity contribution in [3.05, 3.63) is 53.9 Å². The van der Waals surface area contributed by atoms with Crippen molar-refractivity contribution in [3.63, 3.8) is 0 Å². The minimum absolute atomic E-state index is 0.00367. The molecular weight excluding hydrogens is 269 g/mol. The normalized spacial score (nSPS) is 11.4. The van der Waals surface area contributed by atoms with Crippen molar-refractivity contribution in [2.75, 3.05) is 0 Å². The first-order valence-corrected chi connectivity index (χ1v) is 6.86. The number of benzene rings is 1. The van der Waals surface area contributed by atoms with E-state index < -0.39 is 0 Å². The van der Waals surface area contributed by atoms with Gasteiger partial charge in [-0.1, -0.05) is 6.07 Å². The van der Waals surface area contributed by atoms with Gasteiger partial charge in [0.2, 0.25) is 0 Å². The Bertz CT molecular complexity index is 582. The molecule has 4 nitrogen and oxygen atoms in total. The molecule has 0 saturated heterocycles. The Morgan fingerprint density at radius 3 is 2.52 bits per heavy atom. The zero-order valence-electron chi connectivity index (χ0n) is 12.6. The third-order valence-corrected chi connectivity index (χ3v) is 2.80. The van der Waals surface area contributed by atoms with Gasteiger partial charge in [-0.25, -0.2) is 14.4 Å². The van der Waals surface area contributed by atoms with E-state index in [2.05, 4.69) is 36.1 Å². The fraction of sp³-hybridized carbons (Fsp3) is 0.375. The molecule has 0 unspecified atom stereocenters. The van der Waals surface area contributed by atoms with Crippen LogP contribution in [0.3, 0.4) is 0 Å². The molecule has 0 aliphatic rings. The Labute approximate surface area is 124 Å². The molecule has 0 bridgehead atoms. The van der Waals surface area contributed by atoms with E-state index >= 15 is 0 Å². The third-order valence-electron chi connectivity index (χ3n) is 2.80. The molecular formula is C16H20FN3O. The van der Waals surface area contributed by atoms with Crippen molar-refractivity contribution in [2.45, 2.75) is 39.5 Å².